The predicted molar refractivity (Wildman–Crippen MR) is 48.0 cm³/mol. The number of ether oxygens (including phenoxy) is 1. The van der Waals surface area contributed by atoms with Crippen LogP contribution >= 0.6 is 11.8 Å². The largest absolute Gasteiger partial charge is 0.458 e. The van der Waals surface area contributed by atoms with Crippen molar-refractivity contribution in [2.75, 3.05) is 11.5 Å². The summed E-state index contributed by atoms with van der Waals surface area (Å²) in [5.41, 5.74) is 0. The molecule has 1 saturated heterocycles. The maximum Gasteiger partial charge on any atom is 0.308 e. The number of hydrogen-bond donors (Lipinski definition) is 1. The van der Waals surface area contributed by atoms with Crippen LogP contribution < -0.4 is 0 Å². The number of carbonyl (C=O) groups excluding carboxylic acids is 1. The molecule has 1 N–H and O–H groups in total. The summed E-state index contributed by atoms with van der Waals surface area (Å²) in [7, 11) is 0. The highest BCUT2D eigenvalue weighted by atomic mass is 32.2. The summed E-state index contributed by atoms with van der Waals surface area (Å²) in [6, 6.07) is 0. The zero-order chi connectivity index (χ0) is 9.14. The van der Waals surface area contributed by atoms with E-state index < -0.39 is 6.10 Å². The van der Waals surface area contributed by atoms with Gasteiger partial charge >= 0.3 is 5.97 Å². The lowest BCUT2D eigenvalue weighted by atomic mass is 10.2. The minimum atomic E-state index is -0.474. The number of aliphatic hydroxyl groups is 1. The SMILES string of the molecule is CC(C)C(=O)OC1CSCC1O. The molecule has 1 aliphatic heterocycles. The quantitative estimate of drug-likeness (QED) is 0.650. The number of thioether (sulfide) groups is 1. The average molecular weight is 190 g/mol. The third kappa shape index (κ3) is 2.38. The van der Waals surface area contributed by atoms with Crippen molar-refractivity contribution in [1.82, 2.24) is 0 Å². The Morgan fingerprint density at radius 2 is 2.25 bits per heavy atom. The van der Waals surface area contributed by atoms with E-state index in [9.17, 15) is 9.90 Å². The van der Waals surface area contributed by atoms with Gasteiger partial charge in [0.05, 0.1) is 5.92 Å². The van der Waals surface area contributed by atoms with Gasteiger partial charge in [-0.05, 0) is 0 Å². The smallest absolute Gasteiger partial charge is 0.308 e. The van der Waals surface area contributed by atoms with Gasteiger partial charge in [-0.2, -0.15) is 11.8 Å². The van der Waals surface area contributed by atoms with Gasteiger partial charge in [0.15, 0.2) is 0 Å². The van der Waals surface area contributed by atoms with Crippen LogP contribution in [0.4, 0.5) is 0 Å². The lowest BCUT2D eigenvalue weighted by molar-refractivity contribution is -0.155. The van der Waals surface area contributed by atoms with E-state index in [1.54, 1.807) is 25.6 Å². The van der Waals surface area contributed by atoms with E-state index in [0.717, 1.165) is 5.75 Å². The topological polar surface area (TPSA) is 46.5 Å². The zero-order valence-electron chi connectivity index (χ0n) is 7.32. The second-order valence-electron chi connectivity index (χ2n) is 3.23. The van der Waals surface area contributed by atoms with Crippen LogP contribution in [0.1, 0.15) is 13.8 Å². The Labute approximate surface area is 76.5 Å². The van der Waals surface area contributed by atoms with Crippen molar-refractivity contribution in [3.8, 4) is 0 Å². The van der Waals surface area contributed by atoms with Crippen LogP contribution in [-0.2, 0) is 9.53 Å². The molecular formula is C8H14O3S. The lowest BCUT2D eigenvalue weighted by Crippen LogP contribution is -2.31. The van der Waals surface area contributed by atoms with E-state index in [2.05, 4.69) is 0 Å². The van der Waals surface area contributed by atoms with Crippen LogP contribution in [0, 0.1) is 5.92 Å². The maximum absolute atomic E-state index is 11.1. The molecule has 1 heterocycles. The van der Waals surface area contributed by atoms with Gasteiger partial charge in [0.25, 0.3) is 0 Å². The number of rotatable bonds is 2. The van der Waals surface area contributed by atoms with E-state index in [1.807, 2.05) is 0 Å². The molecule has 3 nitrogen and oxygen atoms in total. The molecule has 0 saturated carbocycles. The molecule has 1 fully saturated rings. The Morgan fingerprint density at radius 1 is 1.58 bits per heavy atom. The molecule has 70 valence electrons. The van der Waals surface area contributed by atoms with Crippen LogP contribution in [0.25, 0.3) is 0 Å². The fraction of sp³-hybridized carbons (Fsp3) is 0.875. The third-order valence-electron chi connectivity index (χ3n) is 1.74. The molecule has 0 amide bonds. The van der Waals surface area contributed by atoms with E-state index in [4.69, 9.17) is 4.74 Å². The first-order valence-corrected chi connectivity index (χ1v) is 5.23. The number of esters is 1. The number of hydrogen-bond acceptors (Lipinski definition) is 4. The first-order valence-electron chi connectivity index (χ1n) is 4.07. The van der Waals surface area contributed by atoms with Crippen LogP contribution in [0.5, 0.6) is 0 Å². The second kappa shape index (κ2) is 4.14. The molecule has 0 bridgehead atoms. The predicted octanol–water partition coefficient (Wildman–Crippen LogP) is 0.662. The lowest BCUT2D eigenvalue weighted by Gasteiger charge is -2.15. The third-order valence-corrected chi connectivity index (χ3v) is 2.88. The van der Waals surface area contributed by atoms with Gasteiger partial charge in [0.2, 0.25) is 0 Å². The van der Waals surface area contributed by atoms with Gasteiger partial charge in [0.1, 0.15) is 12.2 Å². The molecule has 0 aromatic carbocycles. The van der Waals surface area contributed by atoms with Gasteiger partial charge in [-0.15, -0.1) is 0 Å². The molecule has 4 heteroatoms. The number of carbonyl (C=O) groups is 1. The zero-order valence-corrected chi connectivity index (χ0v) is 8.13. The molecular weight excluding hydrogens is 176 g/mol. The number of aliphatic hydroxyl groups excluding tert-OH is 1. The summed E-state index contributed by atoms with van der Waals surface area (Å²) in [5, 5.41) is 9.32. The fourth-order valence-electron chi connectivity index (χ4n) is 0.921. The molecule has 12 heavy (non-hydrogen) atoms. The summed E-state index contributed by atoms with van der Waals surface area (Å²) in [6.45, 7) is 3.58. The van der Waals surface area contributed by atoms with E-state index in [0.29, 0.717) is 5.75 Å². The second-order valence-corrected chi connectivity index (χ2v) is 4.31. The molecule has 2 atom stereocenters. The Balaban J connectivity index is 2.35. The van der Waals surface area contributed by atoms with Crippen molar-refractivity contribution in [3.63, 3.8) is 0 Å². The van der Waals surface area contributed by atoms with E-state index in [-0.39, 0.29) is 18.0 Å². The highest BCUT2D eigenvalue weighted by Gasteiger charge is 2.29. The van der Waals surface area contributed by atoms with Crippen molar-refractivity contribution in [2.24, 2.45) is 5.92 Å². The molecule has 1 aliphatic rings. The summed E-state index contributed by atoms with van der Waals surface area (Å²) >= 11 is 1.62. The fourth-order valence-corrected chi connectivity index (χ4v) is 2.04. The van der Waals surface area contributed by atoms with Crippen molar-refractivity contribution in [3.05, 3.63) is 0 Å². The highest BCUT2D eigenvalue weighted by Crippen LogP contribution is 2.21. The van der Waals surface area contributed by atoms with Gasteiger partial charge in [-0.1, -0.05) is 13.8 Å². The Morgan fingerprint density at radius 3 is 2.67 bits per heavy atom. The Kier molecular flexibility index (Phi) is 3.40. The van der Waals surface area contributed by atoms with Gasteiger partial charge < -0.3 is 9.84 Å². The van der Waals surface area contributed by atoms with Crippen molar-refractivity contribution >= 4 is 17.7 Å². The summed E-state index contributed by atoms with van der Waals surface area (Å²) < 4.78 is 5.08. The van der Waals surface area contributed by atoms with Gasteiger partial charge in [-0.25, -0.2) is 0 Å². The summed E-state index contributed by atoms with van der Waals surface area (Å²) in [4.78, 5) is 11.1. The Bertz CT molecular complexity index is 170. The van der Waals surface area contributed by atoms with Crippen LogP contribution in [0.15, 0.2) is 0 Å². The van der Waals surface area contributed by atoms with E-state index >= 15 is 0 Å². The molecule has 2 unspecified atom stereocenters. The Hall–Kier alpha value is -0.220. The van der Waals surface area contributed by atoms with Crippen LogP contribution in [0.3, 0.4) is 0 Å². The maximum atomic E-state index is 11.1. The molecule has 0 aromatic rings. The molecule has 0 spiro atoms. The van der Waals surface area contributed by atoms with Crippen molar-refractivity contribution < 1.29 is 14.6 Å². The van der Waals surface area contributed by atoms with Crippen LogP contribution in [-0.4, -0.2) is 34.8 Å². The molecule has 0 radical (unpaired) electrons. The normalized spacial score (nSPS) is 29.3. The first-order chi connectivity index (χ1) is 5.61. The highest BCUT2D eigenvalue weighted by molar-refractivity contribution is 7.99. The minimum absolute atomic E-state index is 0.109. The average Bonchev–Trinajstić information content (AvgIpc) is 2.36. The minimum Gasteiger partial charge on any atom is -0.458 e. The standard InChI is InChI=1S/C8H14O3S/c1-5(2)8(10)11-7-4-12-3-6(7)9/h5-7,9H,3-4H2,1-2H3. The first kappa shape index (κ1) is 9.86. The van der Waals surface area contributed by atoms with Gasteiger partial charge in [0, 0.05) is 11.5 Å². The molecule has 1 rings (SSSR count). The summed E-state index contributed by atoms with van der Waals surface area (Å²) in [5.74, 6) is 1.07. The molecule has 0 aliphatic carbocycles. The van der Waals surface area contributed by atoms with Crippen LogP contribution in [0.2, 0.25) is 0 Å². The van der Waals surface area contributed by atoms with E-state index in [1.165, 1.54) is 0 Å². The molecule has 0 aromatic heterocycles. The monoisotopic (exact) mass is 190 g/mol. The van der Waals surface area contributed by atoms with Crippen molar-refractivity contribution in [2.45, 2.75) is 26.1 Å². The van der Waals surface area contributed by atoms with Gasteiger partial charge in [-0.3, -0.25) is 4.79 Å². The summed E-state index contributed by atoms with van der Waals surface area (Å²) in [6.07, 6.45) is -0.761. The van der Waals surface area contributed by atoms with Crippen molar-refractivity contribution in [1.29, 1.82) is 0 Å².